The summed E-state index contributed by atoms with van der Waals surface area (Å²) in [6.07, 6.45) is 1.59. The van der Waals surface area contributed by atoms with Gasteiger partial charge in [-0.05, 0) is 29.3 Å². The Kier molecular flexibility index (Phi) is 5.41. The second kappa shape index (κ2) is 8.67. The summed E-state index contributed by atoms with van der Waals surface area (Å²) in [5.74, 6) is 1.38. The minimum absolute atomic E-state index is 0.0746. The Balaban J connectivity index is 1.48. The molecule has 10 heteroatoms. The lowest BCUT2D eigenvalue weighted by Gasteiger charge is -2.19. The fraction of sp³-hybridized carbons (Fsp3) is 0.174. The summed E-state index contributed by atoms with van der Waals surface area (Å²) in [4.78, 5) is 20.8. The number of hydrogen-bond acceptors (Lipinski definition) is 9. The number of amides is 1. The Morgan fingerprint density at radius 3 is 2.76 bits per heavy atom. The van der Waals surface area contributed by atoms with Crippen molar-refractivity contribution in [1.29, 1.82) is 0 Å². The Labute approximate surface area is 189 Å². The molecule has 166 valence electrons. The van der Waals surface area contributed by atoms with Gasteiger partial charge in [-0.1, -0.05) is 30.3 Å². The van der Waals surface area contributed by atoms with Crippen LogP contribution in [0.5, 0.6) is 0 Å². The van der Waals surface area contributed by atoms with Crippen LogP contribution in [0.2, 0.25) is 0 Å². The molecule has 2 aromatic heterocycles. The van der Waals surface area contributed by atoms with Crippen LogP contribution in [0.1, 0.15) is 33.4 Å². The number of carbonyl (C=O) groups is 1. The first-order valence-corrected chi connectivity index (χ1v) is 10.4. The normalized spacial score (nSPS) is 13.3. The number of fused-ring (bicyclic) bond motifs is 1. The van der Waals surface area contributed by atoms with E-state index in [2.05, 4.69) is 36.1 Å². The summed E-state index contributed by atoms with van der Waals surface area (Å²) in [5.41, 5.74) is 3.74. The van der Waals surface area contributed by atoms with Gasteiger partial charge in [0.05, 0.1) is 18.2 Å². The molecule has 0 spiro atoms. The molecule has 0 saturated heterocycles. The quantitative estimate of drug-likeness (QED) is 0.339. The molecular weight excluding hydrogens is 422 g/mol. The molecule has 2 aromatic carbocycles. The van der Waals surface area contributed by atoms with Gasteiger partial charge in [-0.25, -0.2) is 4.98 Å². The fourth-order valence-corrected chi connectivity index (χ4v) is 3.64. The molecule has 1 atom stereocenters. The number of carbonyl (C=O) groups excluding carboxylic acids is 1. The standard InChI is InChI=1S/C23H21N7O3/c1-13-29-30-22(33-13)18-11-25-23(26-16-7-8-17-15(9-16)10-24-21(17)32)28-20(18)27-19(12-31)14-5-3-2-4-6-14/h2-9,11,19,31H,10,12H2,1H3,(H,24,32)(H2,25,26,27,28)/t19-/m1/s1. The number of nitrogens with zero attached hydrogens (tertiary/aromatic N) is 4. The maximum absolute atomic E-state index is 11.8. The van der Waals surface area contributed by atoms with Crippen molar-refractivity contribution in [2.45, 2.75) is 19.5 Å². The third kappa shape index (κ3) is 4.23. The number of aliphatic hydroxyl groups is 1. The highest BCUT2D eigenvalue weighted by Gasteiger charge is 2.21. The van der Waals surface area contributed by atoms with Crippen LogP contribution in [-0.2, 0) is 6.54 Å². The predicted octanol–water partition coefficient (Wildman–Crippen LogP) is 2.97. The molecule has 0 saturated carbocycles. The smallest absolute Gasteiger partial charge is 0.253 e. The largest absolute Gasteiger partial charge is 0.421 e. The van der Waals surface area contributed by atoms with Gasteiger partial charge in [0.1, 0.15) is 5.82 Å². The van der Waals surface area contributed by atoms with Gasteiger partial charge >= 0.3 is 0 Å². The summed E-state index contributed by atoms with van der Waals surface area (Å²) >= 11 is 0. The second-order valence-corrected chi connectivity index (χ2v) is 7.55. The van der Waals surface area contributed by atoms with Gasteiger partial charge in [-0.15, -0.1) is 10.2 Å². The predicted molar refractivity (Wildman–Crippen MR) is 121 cm³/mol. The van der Waals surface area contributed by atoms with Gasteiger partial charge < -0.3 is 25.5 Å². The van der Waals surface area contributed by atoms with Crippen molar-refractivity contribution in [3.63, 3.8) is 0 Å². The molecule has 4 aromatic rings. The number of aromatic nitrogens is 4. The Bertz CT molecular complexity index is 1310. The number of aryl methyl sites for hydroxylation is 1. The van der Waals surface area contributed by atoms with E-state index >= 15 is 0 Å². The maximum atomic E-state index is 11.8. The summed E-state index contributed by atoms with van der Waals surface area (Å²) in [6.45, 7) is 2.04. The molecule has 0 bridgehead atoms. The summed E-state index contributed by atoms with van der Waals surface area (Å²) < 4.78 is 5.59. The van der Waals surface area contributed by atoms with Crippen molar-refractivity contribution in [2.75, 3.05) is 17.2 Å². The SMILES string of the molecule is Cc1nnc(-c2cnc(Nc3ccc4c(c3)CNC4=O)nc2N[C@H](CO)c2ccccc2)o1. The first-order valence-electron chi connectivity index (χ1n) is 10.4. The van der Waals surface area contributed by atoms with E-state index in [-0.39, 0.29) is 18.4 Å². The molecule has 5 rings (SSSR count). The van der Waals surface area contributed by atoms with Gasteiger partial charge in [0, 0.05) is 30.9 Å². The van der Waals surface area contributed by atoms with Gasteiger partial charge in [-0.3, -0.25) is 4.79 Å². The van der Waals surface area contributed by atoms with E-state index < -0.39 is 6.04 Å². The first kappa shape index (κ1) is 20.6. The lowest BCUT2D eigenvalue weighted by Crippen LogP contribution is -2.17. The van der Waals surface area contributed by atoms with Gasteiger partial charge in [0.25, 0.3) is 11.8 Å². The lowest BCUT2D eigenvalue weighted by atomic mass is 10.1. The Morgan fingerprint density at radius 2 is 2.00 bits per heavy atom. The van der Waals surface area contributed by atoms with Gasteiger partial charge in [0.15, 0.2) is 0 Å². The average Bonchev–Trinajstić information content (AvgIpc) is 3.43. The van der Waals surface area contributed by atoms with Crippen LogP contribution in [0.4, 0.5) is 17.5 Å². The minimum Gasteiger partial charge on any atom is -0.421 e. The highest BCUT2D eigenvalue weighted by molar-refractivity contribution is 5.98. The third-order valence-electron chi connectivity index (χ3n) is 5.29. The van der Waals surface area contributed by atoms with E-state index in [1.807, 2.05) is 36.4 Å². The Hall–Kier alpha value is -4.31. The number of anilines is 3. The highest BCUT2D eigenvalue weighted by Crippen LogP contribution is 2.30. The van der Waals surface area contributed by atoms with Crippen molar-refractivity contribution in [1.82, 2.24) is 25.5 Å². The molecule has 4 N–H and O–H groups in total. The molecule has 0 unspecified atom stereocenters. The Morgan fingerprint density at radius 1 is 1.15 bits per heavy atom. The van der Waals surface area contributed by atoms with E-state index in [1.165, 1.54) is 0 Å². The van der Waals surface area contributed by atoms with E-state index in [0.717, 1.165) is 16.8 Å². The number of benzene rings is 2. The van der Waals surface area contributed by atoms with Crippen LogP contribution in [0.15, 0.2) is 59.1 Å². The molecule has 10 nitrogen and oxygen atoms in total. The van der Waals surface area contributed by atoms with Crippen molar-refractivity contribution < 1.29 is 14.3 Å². The van der Waals surface area contributed by atoms with Crippen LogP contribution in [0.25, 0.3) is 11.5 Å². The molecule has 1 aliphatic heterocycles. The van der Waals surface area contributed by atoms with E-state index in [9.17, 15) is 9.90 Å². The lowest BCUT2D eigenvalue weighted by molar-refractivity contribution is 0.0965. The second-order valence-electron chi connectivity index (χ2n) is 7.55. The zero-order valence-electron chi connectivity index (χ0n) is 17.7. The van der Waals surface area contributed by atoms with Gasteiger partial charge in [0.2, 0.25) is 11.8 Å². The number of aliphatic hydroxyl groups excluding tert-OH is 1. The minimum atomic E-state index is -0.409. The number of rotatable bonds is 7. The van der Waals surface area contributed by atoms with E-state index in [0.29, 0.717) is 35.3 Å². The fourth-order valence-electron chi connectivity index (χ4n) is 3.64. The van der Waals surface area contributed by atoms with Crippen molar-refractivity contribution in [2.24, 2.45) is 0 Å². The molecular formula is C23H21N7O3. The molecule has 0 radical (unpaired) electrons. The van der Waals surface area contributed by atoms with Crippen molar-refractivity contribution in [3.8, 4) is 11.5 Å². The number of hydrogen-bond donors (Lipinski definition) is 4. The van der Waals surface area contributed by atoms with Gasteiger partial charge in [-0.2, -0.15) is 4.98 Å². The molecule has 33 heavy (non-hydrogen) atoms. The molecule has 0 aliphatic carbocycles. The third-order valence-corrected chi connectivity index (χ3v) is 5.29. The van der Waals surface area contributed by atoms with Crippen LogP contribution in [0, 0.1) is 6.92 Å². The van der Waals surface area contributed by atoms with E-state index in [1.54, 1.807) is 25.3 Å². The van der Waals surface area contributed by atoms with Crippen molar-refractivity contribution in [3.05, 3.63) is 77.3 Å². The van der Waals surface area contributed by atoms with E-state index in [4.69, 9.17) is 4.42 Å². The zero-order chi connectivity index (χ0) is 22.8. The zero-order valence-corrected chi connectivity index (χ0v) is 17.7. The summed E-state index contributed by atoms with van der Waals surface area (Å²) in [7, 11) is 0. The monoisotopic (exact) mass is 443 g/mol. The molecule has 0 fully saturated rings. The summed E-state index contributed by atoms with van der Waals surface area (Å²) in [6, 6.07) is 14.6. The number of nitrogens with one attached hydrogen (secondary N) is 3. The molecule has 3 heterocycles. The average molecular weight is 443 g/mol. The maximum Gasteiger partial charge on any atom is 0.253 e. The van der Waals surface area contributed by atoms with Crippen LogP contribution in [0.3, 0.4) is 0 Å². The van der Waals surface area contributed by atoms with Crippen LogP contribution in [-0.4, -0.2) is 37.8 Å². The topological polar surface area (TPSA) is 138 Å². The van der Waals surface area contributed by atoms with Crippen LogP contribution >= 0.6 is 0 Å². The first-order chi connectivity index (χ1) is 16.1. The summed E-state index contributed by atoms with van der Waals surface area (Å²) in [5, 5.41) is 27.2. The van der Waals surface area contributed by atoms with Crippen LogP contribution < -0.4 is 16.0 Å². The molecule has 1 aliphatic rings. The molecule has 1 amide bonds. The highest BCUT2D eigenvalue weighted by atomic mass is 16.4. The van der Waals surface area contributed by atoms with Crippen molar-refractivity contribution >= 4 is 23.4 Å².